The number of para-hydroxylation sites is 2. The number of aromatic nitrogens is 2. The van der Waals surface area contributed by atoms with E-state index in [0.29, 0.717) is 6.29 Å². The molecule has 0 amide bonds. The van der Waals surface area contributed by atoms with Crippen LogP contribution in [0.25, 0.3) is 11.0 Å². The van der Waals surface area contributed by atoms with Crippen LogP contribution in [0, 0.1) is 0 Å². The molecule has 1 N–H and O–H groups in total. The summed E-state index contributed by atoms with van der Waals surface area (Å²) < 4.78 is 2.08. The number of carbonyl (C=O) groups excluding carboxylic acids is 1. The maximum Gasteiger partial charge on any atom is 0.151 e. The Morgan fingerprint density at radius 2 is 2.17 bits per heavy atom. The summed E-state index contributed by atoms with van der Waals surface area (Å²) in [4.78, 5) is 15.3. The van der Waals surface area contributed by atoms with Crippen LogP contribution in [-0.4, -0.2) is 26.5 Å². The minimum atomic E-state index is -1.35. The molecule has 2 aromatic rings. The summed E-state index contributed by atoms with van der Waals surface area (Å²) in [6.45, 7) is 4.44. The third-order valence-corrected chi connectivity index (χ3v) is 2.95. The first-order valence-corrected chi connectivity index (χ1v) is 6.20. The largest absolute Gasteiger partial charge is 0.382 e. The van der Waals surface area contributed by atoms with E-state index in [4.69, 9.17) is 0 Å². The molecule has 0 aliphatic carbocycles. The molecule has 0 saturated carbocycles. The molecule has 2 rings (SSSR count). The number of aliphatic hydroxyl groups is 1. The van der Waals surface area contributed by atoms with Gasteiger partial charge >= 0.3 is 0 Å². The predicted molar refractivity (Wildman–Crippen MR) is 70.4 cm³/mol. The number of benzene rings is 1. The fourth-order valence-corrected chi connectivity index (χ4v) is 2.10. The number of aryl methyl sites for hydroxylation is 1. The van der Waals surface area contributed by atoms with E-state index in [2.05, 4.69) is 16.5 Å². The minimum Gasteiger partial charge on any atom is -0.382 e. The van der Waals surface area contributed by atoms with Gasteiger partial charge < -0.3 is 14.5 Å². The van der Waals surface area contributed by atoms with Crippen LogP contribution in [-0.2, 0) is 17.8 Å². The highest BCUT2D eigenvalue weighted by Crippen LogP contribution is 2.19. The molecule has 1 unspecified atom stereocenters. The average molecular weight is 246 g/mol. The fourth-order valence-electron chi connectivity index (χ4n) is 2.10. The molecule has 1 atom stereocenters. The number of hydrogen-bond donors (Lipinski definition) is 1. The second-order valence-corrected chi connectivity index (χ2v) is 4.82. The summed E-state index contributed by atoms with van der Waals surface area (Å²) in [7, 11) is 0. The smallest absolute Gasteiger partial charge is 0.151 e. The van der Waals surface area contributed by atoms with Gasteiger partial charge in [-0.05, 0) is 25.5 Å². The van der Waals surface area contributed by atoms with Crippen molar-refractivity contribution in [2.24, 2.45) is 0 Å². The maximum absolute atomic E-state index is 10.8. The SMILES string of the molecule is CCCn1c(CC(C)(O)C=O)nc2ccccc21. The number of aldehydes is 1. The second-order valence-electron chi connectivity index (χ2n) is 4.82. The lowest BCUT2D eigenvalue weighted by Gasteiger charge is -2.16. The van der Waals surface area contributed by atoms with Crippen molar-refractivity contribution >= 4 is 17.3 Å². The summed E-state index contributed by atoms with van der Waals surface area (Å²) >= 11 is 0. The molecule has 0 spiro atoms. The van der Waals surface area contributed by atoms with Crippen LogP contribution in [0.1, 0.15) is 26.1 Å². The molecule has 0 fully saturated rings. The van der Waals surface area contributed by atoms with Gasteiger partial charge in [0, 0.05) is 13.0 Å². The first-order chi connectivity index (χ1) is 8.57. The van der Waals surface area contributed by atoms with Crippen LogP contribution < -0.4 is 0 Å². The lowest BCUT2D eigenvalue weighted by molar-refractivity contribution is -0.122. The molecule has 4 heteroatoms. The molecular formula is C14H18N2O2. The molecule has 0 aliphatic rings. The number of imidazole rings is 1. The van der Waals surface area contributed by atoms with Gasteiger partial charge in [0.25, 0.3) is 0 Å². The van der Waals surface area contributed by atoms with Crippen molar-refractivity contribution in [1.29, 1.82) is 0 Å². The maximum atomic E-state index is 10.8. The van der Waals surface area contributed by atoms with Crippen molar-refractivity contribution in [2.45, 2.75) is 38.8 Å². The third kappa shape index (κ3) is 2.43. The monoisotopic (exact) mass is 246 g/mol. The van der Waals surface area contributed by atoms with Gasteiger partial charge in [0.1, 0.15) is 11.4 Å². The van der Waals surface area contributed by atoms with Crippen LogP contribution >= 0.6 is 0 Å². The van der Waals surface area contributed by atoms with Crippen molar-refractivity contribution in [2.75, 3.05) is 0 Å². The predicted octanol–water partition coefficient (Wildman–Crippen LogP) is 1.94. The van der Waals surface area contributed by atoms with E-state index in [0.717, 1.165) is 29.8 Å². The Morgan fingerprint density at radius 3 is 2.83 bits per heavy atom. The van der Waals surface area contributed by atoms with E-state index in [9.17, 15) is 9.90 Å². The van der Waals surface area contributed by atoms with Crippen molar-refractivity contribution in [1.82, 2.24) is 9.55 Å². The molecule has 0 aliphatic heterocycles. The summed E-state index contributed by atoms with van der Waals surface area (Å²) in [5.41, 5.74) is 0.603. The van der Waals surface area contributed by atoms with E-state index in [1.165, 1.54) is 6.92 Å². The molecule has 1 aromatic heterocycles. The van der Waals surface area contributed by atoms with Gasteiger partial charge in [0.15, 0.2) is 6.29 Å². The number of carbonyl (C=O) groups is 1. The van der Waals surface area contributed by atoms with Gasteiger partial charge in [0.05, 0.1) is 11.0 Å². The highest BCUT2D eigenvalue weighted by Gasteiger charge is 2.23. The van der Waals surface area contributed by atoms with Crippen molar-refractivity contribution in [3.05, 3.63) is 30.1 Å². The summed E-state index contributed by atoms with van der Waals surface area (Å²) in [5, 5.41) is 9.87. The van der Waals surface area contributed by atoms with Crippen LogP contribution in [0.2, 0.25) is 0 Å². The molecule has 0 saturated heterocycles. The summed E-state index contributed by atoms with van der Waals surface area (Å²) in [5.74, 6) is 0.759. The van der Waals surface area contributed by atoms with E-state index in [1.54, 1.807) is 0 Å². The highest BCUT2D eigenvalue weighted by molar-refractivity contribution is 5.76. The molecule has 18 heavy (non-hydrogen) atoms. The molecule has 4 nitrogen and oxygen atoms in total. The first-order valence-electron chi connectivity index (χ1n) is 6.20. The molecule has 96 valence electrons. The van der Waals surface area contributed by atoms with E-state index in [-0.39, 0.29) is 6.42 Å². The highest BCUT2D eigenvalue weighted by atomic mass is 16.3. The Hall–Kier alpha value is -1.68. The molecule has 1 heterocycles. The zero-order valence-corrected chi connectivity index (χ0v) is 10.8. The Labute approximate surface area is 106 Å². The van der Waals surface area contributed by atoms with E-state index < -0.39 is 5.60 Å². The number of nitrogens with zero attached hydrogens (tertiary/aromatic N) is 2. The van der Waals surface area contributed by atoms with E-state index in [1.807, 2.05) is 24.3 Å². The van der Waals surface area contributed by atoms with Crippen molar-refractivity contribution < 1.29 is 9.90 Å². The zero-order chi connectivity index (χ0) is 13.2. The standard InChI is InChI=1S/C14H18N2O2/c1-3-8-16-12-7-5-4-6-11(12)15-13(16)9-14(2,18)10-17/h4-7,10,18H,3,8-9H2,1-2H3. The van der Waals surface area contributed by atoms with Crippen LogP contribution in [0.3, 0.4) is 0 Å². The van der Waals surface area contributed by atoms with Crippen LogP contribution in [0.5, 0.6) is 0 Å². The quantitative estimate of drug-likeness (QED) is 0.820. The van der Waals surface area contributed by atoms with Gasteiger partial charge in [-0.1, -0.05) is 19.1 Å². The number of rotatable bonds is 5. The Morgan fingerprint density at radius 1 is 1.44 bits per heavy atom. The van der Waals surface area contributed by atoms with Crippen molar-refractivity contribution in [3.63, 3.8) is 0 Å². The molecule has 1 aromatic carbocycles. The third-order valence-electron chi connectivity index (χ3n) is 2.95. The topological polar surface area (TPSA) is 55.1 Å². The van der Waals surface area contributed by atoms with Gasteiger partial charge in [-0.2, -0.15) is 0 Å². The Balaban J connectivity index is 2.48. The van der Waals surface area contributed by atoms with Crippen LogP contribution in [0.15, 0.2) is 24.3 Å². The average Bonchev–Trinajstić information content (AvgIpc) is 2.68. The Kier molecular flexibility index (Phi) is 3.48. The van der Waals surface area contributed by atoms with E-state index >= 15 is 0 Å². The van der Waals surface area contributed by atoms with Gasteiger partial charge in [-0.3, -0.25) is 0 Å². The van der Waals surface area contributed by atoms with Crippen LogP contribution in [0.4, 0.5) is 0 Å². The number of fused-ring (bicyclic) bond motifs is 1. The Bertz CT molecular complexity index is 558. The second kappa shape index (κ2) is 4.90. The summed E-state index contributed by atoms with van der Waals surface area (Å²) in [6.07, 6.45) is 1.80. The van der Waals surface area contributed by atoms with Gasteiger partial charge in [-0.25, -0.2) is 4.98 Å². The first kappa shape index (κ1) is 12.8. The lowest BCUT2D eigenvalue weighted by atomic mass is 10.0. The normalized spacial score (nSPS) is 14.6. The summed E-state index contributed by atoms with van der Waals surface area (Å²) in [6, 6.07) is 7.86. The van der Waals surface area contributed by atoms with Crippen molar-refractivity contribution in [3.8, 4) is 0 Å². The zero-order valence-electron chi connectivity index (χ0n) is 10.8. The molecule has 0 radical (unpaired) electrons. The number of hydrogen-bond acceptors (Lipinski definition) is 3. The van der Waals surface area contributed by atoms with Gasteiger partial charge in [-0.15, -0.1) is 0 Å². The van der Waals surface area contributed by atoms with Gasteiger partial charge in [0.2, 0.25) is 0 Å². The molecule has 0 bridgehead atoms. The minimum absolute atomic E-state index is 0.241. The molecular weight excluding hydrogens is 228 g/mol. The fraction of sp³-hybridized carbons (Fsp3) is 0.429. The lowest BCUT2D eigenvalue weighted by Crippen LogP contribution is -2.30.